The third-order valence-corrected chi connectivity index (χ3v) is 4.20. The maximum atomic E-state index is 12.1. The number of nitrogens with one attached hydrogen (secondary N) is 1. The summed E-state index contributed by atoms with van der Waals surface area (Å²) in [6.45, 7) is 6.68. The van der Waals surface area contributed by atoms with Crippen LogP contribution in [0, 0.1) is 6.92 Å². The third-order valence-electron chi connectivity index (χ3n) is 2.74. The van der Waals surface area contributed by atoms with Gasteiger partial charge in [0.15, 0.2) is 0 Å². The molecule has 0 aromatic heterocycles. The van der Waals surface area contributed by atoms with Crippen molar-refractivity contribution in [2.24, 2.45) is 5.73 Å². The number of unbranched alkanes of at least 4 members (excludes halogenated alkanes) is 1. The second-order valence-corrected chi connectivity index (χ2v) is 6.75. The smallest absolute Gasteiger partial charge is 0.240 e. The molecule has 6 heteroatoms. The van der Waals surface area contributed by atoms with Crippen LogP contribution in [0.4, 0.5) is 0 Å². The molecule has 0 fully saturated rings. The van der Waals surface area contributed by atoms with Crippen molar-refractivity contribution in [3.05, 3.63) is 23.8 Å². The standard InChI is InChI=1S/C14H24N2O3S/c1-11(2)19-14-7-6-13(10-12(14)3)20(17,18)16-9-5-4-8-15/h6-7,10-11,16H,4-5,8-9,15H2,1-3H3. The van der Waals surface area contributed by atoms with Crippen molar-refractivity contribution in [3.8, 4) is 5.75 Å². The first-order chi connectivity index (χ1) is 9.36. The van der Waals surface area contributed by atoms with Crippen molar-refractivity contribution in [3.63, 3.8) is 0 Å². The fourth-order valence-electron chi connectivity index (χ4n) is 1.73. The molecule has 1 rings (SSSR count). The number of ether oxygens (including phenoxy) is 1. The van der Waals surface area contributed by atoms with Crippen molar-refractivity contribution < 1.29 is 13.2 Å². The maximum absolute atomic E-state index is 12.1. The number of nitrogens with two attached hydrogens (primary N) is 1. The highest BCUT2D eigenvalue weighted by atomic mass is 32.2. The van der Waals surface area contributed by atoms with Crippen LogP contribution in [0.2, 0.25) is 0 Å². The van der Waals surface area contributed by atoms with Gasteiger partial charge in [-0.2, -0.15) is 0 Å². The third kappa shape index (κ3) is 5.11. The second kappa shape index (κ2) is 7.61. The minimum Gasteiger partial charge on any atom is -0.491 e. The zero-order valence-corrected chi connectivity index (χ0v) is 13.2. The summed E-state index contributed by atoms with van der Waals surface area (Å²) >= 11 is 0. The molecule has 0 aliphatic heterocycles. The Bertz CT molecular complexity index is 527. The Kier molecular flexibility index (Phi) is 6.45. The van der Waals surface area contributed by atoms with Gasteiger partial charge in [0.1, 0.15) is 5.75 Å². The van der Waals surface area contributed by atoms with Crippen molar-refractivity contribution in [1.29, 1.82) is 0 Å². The van der Waals surface area contributed by atoms with Crippen LogP contribution in [0.25, 0.3) is 0 Å². The number of benzene rings is 1. The molecule has 0 spiro atoms. The molecule has 0 unspecified atom stereocenters. The van der Waals surface area contributed by atoms with Gasteiger partial charge >= 0.3 is 0 Å². The Morgan fingerprint density at radius 1 is 1.30 bits per heavy atom. The number of aryl methyl sites for hydroxylation is 1. The Balaban J connectivity index is 2.78. The number of sulfonamides is 1. The molecule has 0 amide bonds. The topological polar surface area (TPSA) is 81.4 Å². The molecule has 0 radical (unpaired) electrons. The van der Waals surface area contributed by atoms with E-state index in [4.69, 9.17) is 10.5 Å². The van der Waals surface area contributed by atoms with Gasteiger partial charge in [-0.15, -0.1) is 0 Å². The lowest BCUT2D eigenvalue weighted by atomic mass is 10.2. The van der Waals surface area contributed by atoms with Crippen molar-refractivity contribution >= 4 is 10.0 Å². The van der Waals surface area contributed by atoms with Crippen molar-refractivity contribution in [1.82, 2.24) is 4.72 Å². The Morgan fingerprint density at radius 3 is 2.55 bits per heavy atom. The van der Waals surface area contributed by atoms with Gasteiger partial charge in [0.2, 0.25) is 10.0 Å². The van der Waals surface area contributed by atoms with E-state index in [1.54, 1.807) is 18.2 Å². The molecule has 1 aromatic carbocycles. The van der Waals surface area contributed by atoms with E-state index in [0.29, 0.717) is 18.8 Å². The molecule has 0 bridgehead atoms. The first-order valence-corrected chi connectivity index (χ1v) is 8.32. The lowest BCUT2D eigenvalue weighted by molar-refractivity contribution is 0.240. The highest BCUT2D eigenvalue weighted by Crippen LogP contribution is 2.22. The fourth-order valence-corrected chi connectivity index (χ4v) is 2.89. The number of rotatable bonds is 8. The van der Waals surface area contributed by atoms with Gasteiger partial charge in [-0.1, -0.05) is 0 Å². The lowest BCUT2D eigenvalue weighted by Crippen LogP contribution is -2.25. The summed E-state index contributed by atoms with van der Waals surface area (Å²) in [5.41, 5.74) is 6.18. The van der Waals surface area contributed by atoms with Gasteiger partial charge in [0.25, 0.3) is 0 Å². The lowest BCUT2D eigenvalue weighted by Gasteiger charge is -2.13. The SMILES string of the molecule is Cc1cc(S(=O)(=O)NCCCCN)ccc1OC(C)C. The van der Waals surface area contributed by atoms with E-state index in [1.165, 1.54) is 0 Å². The highest BCUT2D eigenvalue weighted by Gasteiger charge is 2.15. The molecule has 5 nitrogen and oxygen atoms in total. The normalized spacial score (nSPS) is 11.8. The van der Waals surface area contributed by atoms with E-state index in [1.807, 2.05) is 20.8 Å². The molecule has 0 heterocycles. The van der Waals surface area contributed by atoms with Crippen LogP contribution in [0.3, 0.4) is 0 Å². The van der Waals surface area contributed by atoms with Gasteiger partial charge in [0, 0.05) is 6.54 Å². The molecule has 0 aliphatic rings. The van der Waals surface area contributed by atoms with E-state index in [9.17, 15) is 8.42 Å². The first kappa shape index (κ1) is 16.9. The van der Waals surface area contributed by atoms with Crippen LogP contribution in [0.5, 0.6) is 5.75 Å². The molecule has 1 aromatic rings. The van der Waals surface area contributed by atoms with Crippen LogP contribution in [0.15, 0.2) is 23.1 Å². The van der Waals surface area contributed by atoms with Gasteiger partial charge < -0.3 is 10.5 Å². The Hall–Kier alpha value is -1.11. The molecule has 0 saturated heterocycles. The van der Waals surface area contributed by atoms with Crippen molar-refractivity contribution in [2.45, 2.75) is 44.6 Å². The summed E-state index contributed by atoms with van der Waals surface area (Å²) in [5.74, 6) is 0.710. The zero-order valence-electron chi connectivity index (χ0n) is 12.3. The highest BCUT2D eigenvalue weighted by molar-refractivity contribution is 7.89. The predicted octanol–water partition coefficient (Wildman–Crippen LogP) is 1.80. The van der Waals surface area contributed by atoms with Crippen LogP contribution in [-0.4, -0.2) is 27.6 Å². The summed E-state index contributed by atoms with van der Waals surface area (Å²) in [7, 11) is -3.45. The minimum atomic E-state index is -3.45. The second-order valence-electron chi connectivity index (χ2n) is 4.99. The predicted molar refractivity (Wildman–Crippen MR) is 80.4 cm³/mol. The van der Waals surface area contributed by atoms with E-state index in [-0.39, 0.29) is 11.0 Å². The van der Waals surface area contributed by atoms with Crippen molar-refractivity contribution in [2.75, 3.05) is 13.1 Å². The zero-order chi connectivity index (χ0) is 15.2. The molecule has 0 saturated carbocycles. The molecule has 114 valence electrons. The molecule has 3 N–H and O–H groups in total. The summed E-state index contributed by atoms with van der Waals surface area (Å²) in [6.07, 6.45) is 1.61. The van der Waals surface area contributed by atoms with Crippen LogP contribution in [-0.2, 0) is 10.0 Å². The average molecular weight is 300 g/mol. The van der Waals surface area contributed by atoms with Gasteiger partial charge in [0.05, 0.1) is 11.0 Å². The molecule has 0 aliphatic carbocycles. The summed E-state index contributed by atoms with van der Waals surface area (Å²) < 4.78 is 32.4. The van der Waals surface area contributed by atoms with E-state index < -0.39 is 10.0 Å². The van der Waals surface area contributed by atoms with E-state index >= 15 is 0 Å². The first-order valence-electron chi connectivity index (χ1n) is 6.84. The van der Waals surface area contributed by atoms with E-state index in [0.717, 1.165) is 18.4 Å². The fraction of sp³-hybridized carbons (Fsp3) is 0.571. The monoisotopic (exact) mass is 300 g/mol. The molecular formula is C14H24N2O3S. The van der Waals surface area contributed by atoms with Gasteiger partial charge in [-0.3, -0.25) is 0 Å². The molecular weight excluding hydrogens is 276 g/mol. The number of hydrogen-bond donors (Lipinski definition) is 2. The van der Waals surface area contributed by atoms with Crippen LogP contribution >= 0.6 is 0 Å². The van der Waals surface area contributed by atoms with Crippen LogP contribution in [0.1, 0.15) is 32.3 Å². The summed E-state index contributed by atoms with van der Waals surface area (Å²) in [5, 5.41) is 0. The minimum absolute atomic E-state index is 0.0607. The average Bonchev–Trinajstić information content (AvgIpc) is 2.36. The van der Waals surface area contributed by atoms with E-state index in [2.05, 4.69) is 4.72 Å². The molecule has 0 atom stereocenters. The Morgan fingerprint density at radius 2 is 2.00 bits per heavy atom. The Labute approximate surface area is 121 Å². The summed E-state index contributed by atoms with van der Waals surface area (Å²) in [6, 6.07) is 4.89. The largest absolute Gasteiger partial charge is 0.491 e. The number of hydrogen-bond acceptors (Lipinski definition) is 4. The maximum Gasteiger partial charge on any atom is 0.240 e. The summed E-state index contributed by atoms with van der Waals surface area (Å²) in [4.78, 5) is 0.263. The quantitative estimate of drug-likeness (QED) is 0.717. The van der Waals surface area contributed by atoms with Gasteiger partial charge in [-0.25, -0.2) is 13.1 Å². The van der Waals surface area contributed by atoms with Crippen LogP contribution < -0.4 is 15.2 Å². The van der Waals surface area contributed by atoms with Gasteiger partial charge in [-0.05, 0) is 63.9 Å². The molecule has 20 heavy (non-hydrogen) atoms.